The maximum absolute atomic E-state index is 13.1. The summed E-state index contributed by atoms with van der Waals surface area (Å²) >= 11 is 0. The van der Waals surface area contributed by atoms with Gasteiger partial charge in [0.15, 0.2) is 12.2 Å². The molecule has 0 aromatic heterocycles. The molecule has 17 nitrogen and oxygen atoms in total. The number of esters is 4. The van der Waals surface area contributed by atoms with Gasteiger partial charge in [0, 0.05) is 25.7 Å². The van der Waals surface area contributed by atoms with E-state index in [-0.39, 0.29) is 25.7 Å². The largest absolute Gasteiger partial charge is 0.472 e. The molecule has 0 saturated carbocycles. The van der Waals surface area contributed by atoms with Crippen molar-refractivity contribution in [1.82, 2.24) is 0 Å². The molecule has 5 atom stereocenters. The Morgan fingerprint density at radius 2 is 0.568 bits per heavy atom. The average molecular weight is 1390 g/mol. The van der Waals surface area contributed by atoms with Gasteiger partial charge in [-0.05, 0) is 69.1 Å². The lowest BCUT2D eigenvalue weighted by molar-refractivity contribution is -0.161. The first-order chi connectivity index (χ1) is 45.7. The molecular formula is C76H144O17P2. The van der Waals surface area contributed by atoms with Gasteiger partial charge >= 0.3 is 39.5 Å². The molecule has 0 heterocycles. The molecule has 0 rings (SSSR count). The van der Waals surface area contributed by atoms with Crippen LogP contribution in [0.15, 0.2) is 24.3 Å². The molecule has 0 aromatic carbocycles. The summed E-state index contributed by atoms with van der Waals surface area (Å²) < 4.78 is 68.4. The van der Waals surface area contributed by atoms with E-state index in [1.807, 2.05) is 0 Å². The van der Waals surface area contributed by atoms with E-state index in [1.54, 1.807) is 0 Å². The van der Waals surface area contributed by atoms with Crippen LogP contribution < -0.4 is 0 Å². The highest BCUT2D eigenvalue weighted by molar-refractivity contribution is 7.47. The summed E-state index contributed by atoms with van der Waals surface area (Å²) in [6, 6.07) is 0. The molecule has 0 aliphatic carbocycles. The van der Waals surface area contributed by atoms with Crippen molar-refractivity contribution in [2.75, 3.05) is 39.6 Å². The van der Waals surface area contributed by atoms with Crippen molar-refractivity contribution in [2.24, 2.45) is 17.8 Å². The number of rotatable bonds is 72. The van der Waals surface area contributed by atoms with Gasteiger partial charge in [-0.1, -0.05) is 310 Å². The minimum Gasteiger partial charge on any atom is -0.462 e. The molecular weight excluding hydrogens is 1250 g/mol. The number of phosphoric ester groups is 2. The monoisotopic (exact) mass is 1390 g/mol. The van der Waals surface area contributed by atoms with Crippen LogP contribution >= 0.6 is 15.6 Å². The second-order valence-electron chi connectivity index (χ2n) is 28.1. The number of phosphoric acid groups is 2. The van der Waals surface area contributed by atoms with Crippen LogP contribution in [-0.2, 0) is 65.4 Å². The van der Waals surface area contributed by atoms with E-state index < -0.39 is 97.5 Å². The quantitative estimate of drug-likeness (QED) is 0.0169. The van der Waals surface area contributed by atoms with Crippen molar-refractivity contribution in [3.63, 3.8) is 0 Å². The highest BCUT2D eigenvalue weighted by Gasteiger charge is 2.30. The molecule has 2 unspecified atom stereocenters. The van der Waals surface area contributed by atoms with Crippen LogP contribution in [-0.4, -0.2) is 96.7 Å². The standard InChI is InChI=1S/C76H144O17P2/c1-8-9-10-11-12-13-14-15-16-19-26-31-36-45-52-59-76(81)93-72(64-87-74(79)58-51-44-39-38-42-49-56-69(6)7)66-91-95(84,85)89-62-70(77)61-88-94(82,83)90-65-71(63-86-73(78)57-50-43-35-30-25-22-21-24-29-34-41-48-55-68(4)5)92-75(80)60-53-46-37-32-27-20-17-18-23-28-33-40-47-54-67(2)3/h13-16,67-72,77H,8-12,17-66H2,1-7H3,(H,82,83)(H,84,85)/b14-13-,16-15-/t70-,71-,72-/m1/s1. The minimum absolute atomic E-state index is 0.0837. The molecule has 95 heavy (non-hydrogen) atoms. The SMILES string of the molecule is CCCCCC/C=C\C=C/CCCCCCCC(=O)O[C@H](COC(=O)CCCCCCCCC(C)C)COP(=O)(O)OC[C@H](O)COP(=O)(O)OC[C@@H](COC(=O)CCCCCCCCCCCCCCC(C)C)OC(=O)CCCCCCCCCCCCCCCC(C)C. The number of carbonyl (C=O) groups excluding carboxylic acids is 4. The highest BCUT2D eigenvalue weighted by atomic mass is 31.2. The summed E-state index contributed by atoms with van der Waals surface area (Å²) in [7, 11) is -9.92. The highest BCUT2D eigenvalue weighted by Crippen LogP contribution is 2.45. The molecule has 0 fully saturated rings. The summed E-state index contributed by atoms with van der Waals surface area (Å²) in [5.74, 6) is 0.0913. The molecule has 0 bridgehead atoms. The van der Waals surface area contributed by atoms with Crippen molar-refractivity contribution in [3.8, 4) is 0 Å². The summed E-state index contributed by atoms with van der Waals surface area (Å²) in [5, 5.41) is 10.6. The van der Waals surface area contributed by atoms with Gasteiger partial charge in [0.05, 0.1) is 26.4 Å². The predicted molar refractivity (Wildman–Crippen MR) is 386 cm³/mol. The fraction of sp³-hybridized carbons (Fsp3) is 0.895. The molecule has 0 aliphatic heterocycles. The van der Waals surface area contributed by atoms with E-state index in [2.05, 4.69) is 72.8 Å². The zero-order valence-electron chi connectivity index (χ0n) is 61.6. The number of aliphatic hydroxyl groups excluding tert-OH is 1. The fourth-order valence-corrected chi connectivity index (χ4v) is 12.6. The van der Waals surface area contributed by atoms with Crippen molar-refractivity contribution < 1.29 is 80.2 Å². The van der Waals surface area contributed by atoms with Crippen LogP contribution in [0.1, 0.15) is 363 Å². The van der Waals surface area contributed by atoms with Crippen LogP contribution in [0.4, 0.5) is 0 Å². The Hall–Kier alpha value is -2.46. The molecule has 0 radical (unpaired) electrons. The molecule has 0 spiro atoms. The molecule has 0 aliphatic rings. The Morgan fingerprint density at radius 3 is 0.853 bits per heavy atom. The maximum atomic E-state index is 13.1. The molecule has 0 saturated heterocycles. The van der Waals surface area contributed by atoms with E-state index in [1.165, 1.54) is 154 Å². The van der Waals surface area contributed by atoms with Crippen molar-refractivity contribution >= 4 is 39.5 Å². The smallest absolute Gasteiger partial charge is 0.462 e. The lowest BCUT2D eigenvalue weighted by atomic mass is 10.0. The first-order valence-corrected chi connectivity index (χ1v) is 41.7. The van der Waals surface area contributed by atoms with Crippen LogP contribution in [0.5, 0.6) is 0 Å². The van der Waals surface area contributed by atoms with Gasteiger partial charge in [-0.2, -0.15) is 0 Å². The number of unbranched alkanes of at least 4 members (excludes halogenated alkanes) is 37. The molecule has 0 aromatic rings. The van der Waals surface area contributed by atoms with E-state index in [4.69, 9.17) is 37.0 Å². The van der Waals surface area contributed by atoms with E-state index in [9.17, 15) is 43.2 Å². The minimum atomic E-state index is -4.96. The number of allylic oxidation sites excluding steroid dienone is 4. The Balaban J connectivity index is 5.28. The number of ether oxygens (including phenoxy) is 4. The summed E-state index contributed by atoms with van der Waals surface area (Å²) in [5.41, 5.74) is 0. The number of hydrogen-bond acceptors (Lipinski definition) is 15. The van der Waals surface area contributed by atoms with Crippen LogP contribution in [0.25, 0.3) is 0 Å². The summed E-state index contributed by atoms with van der Waals surface area (Å²) in [6.45, 7) is 11.8. The third kappa shape index (κ3) is 69.8. The summed E-state index contributed by atoms with van der Waals surface area (Å²) in [6.07, 6.45) is 55.0. The molecule has 19 heteroatoms. The third-order valence-electron chi connectivity index (χ3n) is 17.0. The molecule has 0 amide bonds. The van der Waals surface area contributed by atoms with Crippen molar-refractivity contribution in [2.45, 2.75) is 381 Å². The predicted octanol–water partition coefficient (Wildman–Crippen LogP) is 21.7. The molecule has 560 valence electrons. The normalized spacial score (nSPS) is 14.2. The van der Waals surface area contributed by atoms with Crippen LogP contribution in [0, 0.1) is 17.8 Å². The maximum Gasteiger partial charge on any atom is 0.472 e. The van der Waals surface area contributed by atoms with Crippen molar-refractivity contribution in [3.05, 3.63) is 24.3 Å². The number of carbonyl (C=O) groups is 4. The van der Waals surface area contributed by atoms with Gasteiger partial charge < -0.3 is 33.8 Å². The number of hydrogen-bond donors (Lipinski definition) is 3. The molecule has 3 N–H and O–H groups in total. The lowest BCUT2D eigenvalue weighted by Gasteiger charge is -2.21. The zero-order chi connectivity index (χ0) is 70.1. The first kappa shape index (κ1) is 92.5. The Morgan fingerprint density at radius 1 is 0.326 bits per heavy atom. The van der Waals surface area contributed by atoms with Gasteiger partial charge in [0.2, 0.25) is 0 Å². The lowest BCUT2D eigenvalue weighted by Crippen LogP contribution is -2.30. The van der Waals surface area contributed by atoms with Gasteiger partial charge in [-0.15, -0.1) is 0 Å². The van der Waals surface area contributed by atoms with Gasteiger partial charge in [0.1, 0.15) is 19.3 Å². The Kier molecular flexibility index (Phi) is 64.4. The van der Waals surface area contributed by atoms with Gasteiger partial charge in [-0.25, -0.2) is 9.13 Å². The fourth-order valence-electron chi connectivity index (χ4n) is 11.1. The van der Waals surface area contributed by atoms with E-state index in [0.29, 0.717) is 31.6 Å². The van der Waals surface area contributed by atoms with E-state index >= 15 is 0 Å². The second-order valence-corrected chi connectivity index (χ2v) is 31.0. The van der Waals surface area contributed by atoms with Crippen molar-refractivity contribution in [1.29, 1.82) is 0 Å². The Labute approximate surface area is 580 Å². The van der Waals surface area contributed by atoms with E-state index in [0.717, 1.165) is 121 Å². The number of aliphatic hydroxyl groups is 1. The van der Waals surface area contributed by atoms with Crippen LogP contribution in [0.3, 0.4) is 0 Å². The van der Waals surface area contributed by atoms with Gasteiger partial charge in [-0.3, -0.25) is 37.3 Å². The first-order valence-electron chi connectivity index (χ1n) is 38.7. The zero-order valence-corrected chi connectivity index (χ0v) is 63.4. The summed E-state index contributed by atoms with van der Waals surface area (Å²) in [4.78, 5) is 72.8. The average Bonchev–Trinajstić information content (AvgIpc) is 1.48. The topological polar surface area (TPSA) is 237 Å². The Bertz CT molecular complexity index is 1950. The van der Waals surface area contributed by atoms with Gasteiger partial charge in [0.25, 0.3) is 0 Å². The third-order valence-corrected chi connectivity index (χ3v) is 18.9. The van der Waals surface area contributed by atoms with Crippen LogP contribution in [0.2, 0.25) is 0 Å². The second kappa shape index (κ2) is 66.1.